The first-order chi connectivity index (χ1) is 11.9. The van der Waals surface area contributed by atoms with Crippen LogP contribution in [0.1, 0.15) is 17.2 Å². The first-order valence-corrected chi connectivity index (χ1v) is 9.78. The largest absolute Gasteiger partial charge is 0.496 e. The molecule has 5 nitrogen and oxygen atoms in total. The van der Waals surface area contributed by atoms with Crippen LogP contribution in [0.25, 0.3) is 0 Å². The van der Waals surface area contributed by atoms with Crippen molar-refractivity contribution in [1.29, 1.82) is 0 Å². The number of nitrogens with zero attached hydrogens (tertiary/aromatic N) is 2. The van der Waals surface area contributed by atoms with Gasteiger partial charge in [-0.05, 0) is 31.7 Å². The molecule has 0 spiro atoms. The maximum atomic E-state index is 13.1. The van der Waals surface area contributed by atoms with Crippen LogP contribution in [-0.4, -0.2) is 51.4 Å². The summed E-state index contributed by atoms with van der Waals surface area (Å²) in [6, 6.07) is 14.9. The van der Waals surface area contributed by atoms with E-state index in [1.807, 2.05) is 50.4 Å². The number of benzene rings is 2. The van der Waals surface area contributed by atoms with Crippen LogP contribution < -0.4 is 4.74 Å². The van der Waals surface area contributed by atoms with E-state index < -0.39 is 10.0 Å². The van der Waals surface area contributed by atoms with E-state index in [0.29, 0.717) is 24.5 Å². The van der Waals surface area contributed by atoms with Crippen LogP contribution in [-0.2, 0) is 10.0 Å². The van der Waals surface area contributed by atoms with E-state index in [9.17, 15) is 8.42 Å². The van der Waals surface area contributed by atoms with Crippen LogP contribution in [0.15, 0.2) is 53.4 Å². The Hall–Kier alpha value is -1.89. The van der Waals surface area contributed by atoms with Crippen LogP contribution in [0.4, 0.5) is 0 Å². The number of hydrogen-bond acceptors (Lipinski definition) is 4. The lowest BCUT2D eigenvalue weighted by Gasteiger charge is -2.39. The highest BCUT2D eigenvalue weighted by atomic mass is 32.2. The van der Waals surface area contributed by atoms with Crippen LogP contribution >= 0.6 is 0 Å². The van der Waals surface area contributed by atoms with Gasteiger partial charge in [-0.2, -0.15) is 4.31 Å². The second-order valence-corrected chi connectivity index (χ2v) is 8.27. The van der Waals surface area contributed by atoms with E-state index in [1.165, 1.54) is 0 Å². The van der Waals surface area contributed by atoms with Gasteiger partial charge in [0.2, 0.25) is 10.0 Å². The minimum absolute atomic E-state index is 0.0382. The molecule has 0 bridgehead atoms. The van der Waals surface area contributed by atoms with Gasteiger partial charge in [0.1, 0.15) is 5.75 Å². The van der Waals surface area contributed by atoms with Crippen molar-refractivity contribution >= 4 is 10.0 Å². The van der Waals surface area contributed by atoms with Crippen LogP contribution in [0.2, 0.25) is 0 Å². The first kappa shape index (κ1) is 17.9. The fourth-order valence-corrected chi connectivity index (χ4v) is 4.99. The van der Waals surface area contributed by atoms with E-state index in [1.54, 1.807) is 23.5 Å². The lowest BCUT2D eigenvalue weighted by molar-refractivity contribution is 0.146. The topological polar surface area (TPSA) is 49.9 Å². The molecule has 1 saturated heterocycles. The normalized spacial score (nSPS) is 19.7. The van der Waals surface area contributed by atoms with Crippen LogP contribution in [0.5, 0.6) is 5.75 Å². The van der Waals surface area contributed by atoms with Gasteiger partial charge in [-0.1, -0.05) is 36.4 Å². The minimum Gasteiger partial charge on any atom is -0.496 e. The molecule has 0 N–H and O–H groups in total. The third kappa shape index (κ3) is 3.42. The molecule has 0 aliphatic carbocycles. The molecule has 0 radical (unpaired) electrons. The average molecular weight is 360 g/mol. The fraction of sp³-hybridized carbons (Fsp3) is 0.368. The van der Waals surface area contributed by atoms with Gasteiger partial charge in [-0.25, -0.2) is 8.42 Å². The third-order valence-corrected chi connectivity index (χ3v) is 6.85. The van der Waals surface area contributed by atoms with Crippen molar-refractivity contribution in [1.82, 2.24) is 9.21 Å². The Morgan fingerprint density at radius 3 is 2.44 bits per heavy atom. The summed E-state index contributed by atoms with van der Waals surface area (Å²) in [6.07, 6.45) is 0. The maximum Gasteiger partial charge on any atom is 0.243 e. The molecule has 2 aromatic rings. The van der Waals surface area contributed by atoms with E-state index in [2.05, 4.69) is 4.90 Å². The number of likely N-dealkylation sites (N-methyl/N-ethyl adjacent to an activating group) is 1. The Kier molecular flexibility index (Phi) is 5.13. The number of sulfonamides is 1. The number of para-hydroxylation sites is 1. The zero-order valence-electron chi connectivity index (χ0n) is 14.8. The Morgan fingerprint density at radius 2 is 1.72 bits per heavy atom. The van der Waals surface area contributed by atoms with E-state index in [4.69, 9.17) is 4.74 Å². The molecule has 1 unspecified atom stereocenters. The number of hydrogen-bond donors (Lipinski definition) is 0. The quantitative estimate of drug-likeness (QED) is 0.841. The predicted molar refractivity (Wildman–Crippen MR) is 98.3 cm³/mol. The number of piperazine rings is 1. The van der Waals surface area contributed by atoms with E-state index in [0.717, 1.165) is 16.9 Å². The van der Waals surface area contributed by atoms with Crippen molar-refractivity contribution in [2.45, 2.75) is 17.9 Å². The zero-order chi connectivity index (χ0) is 18.0. The predicted octanol–water partition coefficient (Wildman–Crippen LogP) is 2.68. The summed E-state index contributed by atoms with van der Waals surface area (Å²) < 4.78 is 33.3. The Labute approximate surface area is 149 Å². The van der Waals surface area contributed by atoms with Gasteiger partial charge in [0.05, 0.1) is 18.0 Å². The zero-order valence-corrected chi connectivity index (χ0v) is 15.7. The summed E-state index contributed by atoms with van der Waals surface area (Å²) in [4.78, 5) is 2.57. The molecule has 1 fully saturated rings. The molecule has 1 aliphatic heterocycles. The fourth-order valence-electron chi connectivity index (χ4n) is 3.33. The van der Waals surface area contributed by atoms with Gasteiger partial charge in [-0.15, -0.1) is 0 Å². The highest BCUT2D eigenvalue weighted by molar-refractivity contribution is 7.89. The van der Waals surface area contributed by atoms with Gasteiger partial charge >= 0.3 is 0 Å². The van der Waals surface area contributed by atoms with Gasteiger partial charge in [0.15, 0.2) is 0 Å². The van der Waals surface area contributed by atoms with Crippen molar-refractivity contribution in [2.24, 2.45) is 0 Å². The molecule has 1 aliphatic rings. The Balaban J connectivity index is 1.94. The molecule has 1 atom stereocenters. The smallest absolute Gasteiger partial charge is 0.243 e. The van der Waals surface area contributed by atoms with Gasteiger partial charge in [-0.3, -0.25) is 4.90 Å². The summed E-state index contributed by atoms with van der Waals surface area (Å²) in [5.41, 5.74) is 1.78. The van der Waals surface area contributed by atoms with Crippen molar-refractivity contribution in [3.63, 3.8) is 0 Å². The van der Waals surface area contributed by atoms with E-state index >= 15 is 0 Å². The summed E-state index contributed by atoms with van der Waals surface area (Å²) in [5, 5.41) is 0. The van der Waals surface area contributed by atoms with Crippen LogP contribution in [0.3, 0.4) is 0 Å². The molecule has 3 rings (SSSR count). The molecular formula is C19H24N2O3S. The van der Waals surface area contributed by atoms with Crippen molar-refractivity contribution in [2.75, 3.05) is 33.8 Å². The van der Waals surface area contributed by atoms with Crippen molar-refractivity contribution < 1.29 is 13.2 Å². The lowest BCUT2D eigenvalue weighted by atomic mass is 10.0. The van der Waals surface area contributed by atoms with Crippen molar-refractivity contribution in [3.05, 3.63) is 59.7 Å². The Bertz CT molecular complexity index is 851. The van der Waals surface area contributed by atoms with Gasteiger partial charge < -0.3 is 4.74 Å². The molecule has 0 saturated carbocycles. The standard InChI is InChI=1S/C19H24N2O3S/c1-15-8-4-7-11-19(15)25(22,23)21-13-12-20(2)17(14-21)16-9-5-6-10-18(16)24-3/h4-11,17H,12-14H2,1-3H3. The highest BCUT2D eigenvalue weighted by Gasteiger charge is 2.35. The second-order valence-electron chi connectivity index (χ2n) is 6.37. The molecule has 134 valence electrons. The minimum atomic E-state index is -3.51. The molecule has 0 amide bonds. The highest BCUT2D eigenvalue weighted by Crippen LogP contribution is 2.33. The summed E-state index contributed by atoms with van der Waals surface area (Å²) in [5.74, 6) is 0.787. The molecule has 6 heteroatoms. The molecular weight excluding hydrogens is 336 g/mol. The summed E-state index contributed by atoms with van der Waals surface area (Å²) in [7, 11) is 0.154. The molecule has 25 heavy (non-hydrogen) atoms. The second kappa shape index (κ2) is 7.15. The molecule has 1 heterocycles. The van der Waals surface area contributed by atoms with Gasteiger partial charge in [0.25, 0.3) is 0 Å². The van der Waals surface area contributed by atoms with Gasteiger partial charge in [0, 0.05) is 25.2 Å². The van der Waals surface area contributed by atoms with E-state index in [-0.39, 0.29) is 6.04 Å². The first-order valence-electron chi connectivity index (χ1n) is 8.34. The van der Waals surface area contributed by atoms with Crippen molar-refractivity contribution in [3.8, 4) is 5.75 Å². The van der Waals surface area contributed by atoms with Crippen LogP contribution in [0, 0.1) is 6.92 Å². The molecule has 0 aromatic heterocycles. The third-order valence-electron chi connectivity index (χ3n) is 4.82. The summed E-state index contributed by atoms with van der Waals surface area (Å²) in [6.45, 7) is 3.40. The number of ether oxygens (including phenoxy) is 1. The number of rotatable bonds is 4. The molecule has 2 aromatic carbocycles. The number of methoxy groups -OCH3 is 1. The number of aryl methyl sites for hydroxylation is 1. The monoisotopic (exact) mass is 360 g/mol. The average Bonchev–Trinajstić information content (AvgIpc) is 2.62. The Morgan fingerprint density at radius 1 is 1.04 bits per heavy atom. The summed E-state index contributed by atoms with van der Waals surface area (Å²) >= 11 is 0. The maximum absolute atomic E-state index is 13.1. The lowest BCUT2D eigenvalue weighted by Crippen LogP contribution is -2.49. The SMILES string of the molecule is COc1ccccc1C1CN(S(=O)(=O)c2ccccc2C)CCN1C.